The van der Waals surface area contributed by atoms with E-state index in [0.29, 0.717) is 0 Å². The average molecular weight is 391 g/mol. The van der Waals surface area contributed by atoms with Gasteiger partial charge in [0.2, 0.25) is 0 Å². The Morgan fingerprint density at radius 2 is 1.62 bits per heavy atom. The molecule has 0 saturated carbocycles. The van der Waals surface area contributed by atoms with Gasteiger partial charge in [-0.05, 0) is 31.5 Å². The van der Waals surface area contributed by atoms with Crippen molar-refractivity contribution in [2.45, 2.75) is 116 Å². The minimum absolute atomic E-state index is 0.0676. The monoisotopic (exact) mass is 390 g/mol. The first-order chi connectivity index (χ1) is 12.0. The Kier molecular flexibility index (Phi) is 11.9. The molecule has 0 fully saturated rings. The molecule has 0 radical (unpaired) electrons. The van der Waals surface area contributed by atoms with Crippen LogP contribution in [0.4, 0.5) is 0 Å². The van der Waals surface area contributed by atoms with Gasteiger partial charge in [0.05, 0.1) is 12.7 Å². The molecule has 0 unspecified atom stereocenters. The van der Waals surface area contributed by atoms with Crippen molar-refractivity contribution in [3.05, 3.63) is 0 Å². The maximum Gasteiger partial charge on any atom is 0.337 e. The van der Waals surface area contributed by atoms with Crippen LogP contribution in [0, 0.1) is 0 Å². The van der Waals surface area contributed by atoms with Gasteiger partial charge in [-0.3, -0.25) is 0 Å². The molecule has 0 saturated heterocycles. The van der Waals surface area contributed by atoms with Crippen molar-refractivity contribution in [1.82, 2.24) is 0 Å². The Hall–Kier alpha value is -0.433. The van der Waals surface area contributed by atoms with Crippen molar-refractivity contribution in [2.24, 2.45) is 0 Å². The minimum Gasteiger partial charge on any atom is -0.464 e. The molecule has 0 aromatic rings. The fourth-order valence-electron chi connectivity index (χ4n) is 2.58. The first-order valence-electron chi connectivity index (χ1n) is 10.2. The fourth-order valence-corrected chi connectivity index (χ4v) is 3.98. The smallest absolute Gasteiger partial charge is 0.337 e. The highest BCUT2D eigenvalue weighted by atomic mass is 28.4. The van der Waals surface area contributed by atoms with Crippen molar-refractivity contribution in [2.75, 3.05) is 6.61 Å². The van der Waals surface area contributed by atoms with Crippen LogP contribution in [-0.2, 0) is 14.0 Å². The molecule has 156 valence electrons. The lowest BCUT2D eigenvalue weighted by Gasteiger charge is -2.40. The van der Waals surface area contributed by atoms with Crippen molar-refractivity contribution in [3.8, 4) is 0 Å². The van der Waals surface area contributed by atoms with E-state index in [2.05, 4.69) is 40.8 Å². The molecule has 0 aromatic carbocycles. The number of ether oxygens (including phenoxy) is 1. The molecule has 0 rings (SSSR count). The minimum atomic E-state index is -2.00. The van der Waals surface area contributed by atoms with Gasteiger partial charge in [-0.1, -0.05) is 59.8 Å². The summed E-state index contributed by atoms with van der Waals surface area (Å²) in [6.45, 7) is 15.0. The summed E-state index contributed by atoms with van der Waals surface area (Å²) in [5.74, 6) is -0.769. The normalized spacial score (nSPS) is 16.2. The van der Waals surface area contributed by atoms with Crippen LogP contribution < -0.4 is 0 Å². The summed E-state index contributed by atoms with van der Waals surface area (Å²) in [7, 11) is -2.00. The summed E-state index contributed by atoms with van der Waals surface area (Å²) in [6.07, 6.45) is 4.06. The molecule has 0 heterocycles. The van der Waals surface area contributed by atoms with E-state index in [1.165, 1.54) is 19.3 Å². The zero-order chi connectivity index (χ0) is 20.4. The topological polar surface area (TPSA) is 76.0 Å². The molecular formula is C20H42O5Si. The first kappa shape index (κ1) is 25.6. The van der Waals surface area contributed by atoms with Crippen LogP contribution in [0.25, 0.3) is 0 Å². The Labute approximate surface area is 161 Å². The van der Waals surface area contributed by atoms with Crippen molar-refractivity contribution >= 4 is 14.3 Å². The first-order valence-corrected chi connectivity index (χ1v) is 13.1. The lowest BCUT2D eigenvalue weighted by Crippen LogP contribution is -2.46. The highest BCUT2D eigenvalue weighted by molar-refractivity contribution is 6.74. The summed E-state index contributed by atoms with van der Waals surface area (Å²) in [5, 5.41) is 20.4. The van der Waals surface area contributed by atoms with Crippen LogP contribution in [0.5, 0.6) is 0 Å². The number of aliphatic hydroxyl groups is 2. The number of aliphatic hydroxyl groups excluding tert-OH is 2. The molecule has 0 spiro atoms. The number of hydrogen-bond acceptors (Lipinski definition) is 5. The predicted octanol–water partition coefficient (Wildman–Crippen LogP) is 4.41. The number of carbonyl (C=O) groups excluding carboxylic acids is 1. The second kappa shape index (κ2) is 12.1. The van der Waals surface area contributed by atoms with Gasteiger partial charge in [-0.15, -0.1) is 0 Å². The van der Waals surface area contributed by atoms with E-state index in [1.54, 1.807) is 6.92 Å². The maximum absolute atomic E-state index is 11.7. The number of hydrogen-bond donors (Lipinski definition) is 2. The van der Waals surface area contributed by atoms with Gasteiger partial charge in [0.25, 0.3) is 0 Å². The highest BCUT2D eigenvalue weighted by Gasteiger charge is 2.40. The zero-order valence-electron chi connectivity index (χ0n) is 18.0. The Morgan fingerprint density at radius 3 is 2.12 bits per heavy atom. The Bertz CT molecular complexity index is 392. The Balaban J connectivity index is 4.88. The van der Waals surface area contributed by atoms with E-state index in [-0.39, 0.29) is 24.2 Å². The van der Waals surface area contributed by atoms with Crippen LogP contribution in [-0.4, -0.2) is 49.4 Å². The van der Waals surface area contributed by atoms with Crippen molar-refractivity contribution in [1.29, 1.82) is 0 Å². The molecule has 26 heavy (non-hydrogen) atoms. The number of esters is 1. The molecule has 3 atom stereocenters. The fraction of sp³-hybridized carbons (Fsp3) is 0.950. The largest absolute Gasteiger partial charge is 0.464 e. The van der Waals surface area contributed by atoms with E-state index >= 15 is 0 Å². The second-order valence-corrected chi connectivity index (χ2v) is 13.5. The molecule has 0 aliphatic carbocycles. The predicted molar refractivity (Wildman–Crippen MR) is 109 cm³/mol. The van der Waals surface area contributed by atoms with Crippen LogP contribution >= 0.6 is 0 Å². The van der Waals surface area contributed by atoms with E-state index in [1.807, 2.05) is 0 Å². The summed E-state index contributed by atoms with van der Waals surface area (Å²) in [5.41, 5.74) is 0. The lowest BCUT2D eigenvalue weighted by molar-refractivity contribution is -0.160. The third-order valence-electron chi connectivity index (χ3n) is 5.29. The van der Waals surface area contributed by atoms with Gasteiger partial charge in [-0.25, -0.2) is 4.79 Å². The van der Waals surface area contributed by atoms with E-state index in [9.17, 15) is 15.0 Å². The van der Waals surface area contributed by atoms with Crippen molar-refractivity contribution in [3.63, 3.8) is 0 Å². The molecule has 5 nitrogen and oxygen atoms in total. The SMILES string of the molecule is CCCCCCC[C@H](C[C@H](O)[C@H](O)C(=O)OCC)O[Si](C)(C)C(C)(C)C. The van der Waals surface area contributed by atoms with Gasteiger partial charge >= 0.3 is 5.97 Å². The second-order valence-electron chi connectivity index (χ2n) is 8.70. The van der Waals surface area contributed by atoms with Crippen LogP contribution in [0.3, 0.4) is 0 Å². The van der Waals surface area contributed by atoms with E-state index < -0.39 is 26.5 Å². The summed E-state index contributed by atoms with van der Waals surface area (Å²) < 4.78 is 11.3. The van der Waals surface area contributed by atoms with Crippen LogP contribution in [0.1, 0.15) is 79.6 Å². The molecule has 0 amide bonds. The molecule has 6 heteroatoms. The van der Waals surface area contributed by atoms with Gasteiger partial charge < -0.3 is 19.4 Å². The molecule has 0 bridgehead atoms. The number of carbonyl (C=O) groups is 1. The number of unbranched alkanes of at least 4 members (excludes halogenated alkanes) is 4. The van der Waals surface area contributed by atoms with Gasteiger partial charge in [0.15, 0.2) is 14.4 Å². The maximum atomic E-state index is 11.7. The Morgan fingerprint density at radius 1 is 1.04 bits per heavy atom. The summed E-state index contributed by atoms with van der Waals surface area (Å²) in [6, 6.07) is 0. The zero-order valence-corrected chi connectivity index (χ0v) is 19.0. The van der Waals surface area contributed by atoms with Gasteiger partial charge in [-0.2, -0.15) is 0 Å². The molecule has 0 aromatic heterocycles. The highest BCUT2D eigenvalue weighted by Crippen LogP contribution is 2.38. The standard InChI is InChI=1S/C20H42O5Si/c1-8-10-11-12-13-14-16(25-26(6,7)20(3,4)5)15-17(21)18(22)19(23)24-9-2/h16-18,21-22H,8-15H2,1-7H3/t16-,17+,18+/m1/s1. The molecule has 2 N–H and O–H groups in total. The third kappa shape index (κ3) is 9.49. The van der Waals surface area contributed by atoms with Crippen LogP contribution in [0.2, 0.25) is 18.1 Å². The summed E-state index contributed by atoms with van der Waals surface area (Å²) in [4.78, 5) is 11.7. The summed E-state index contributed by atoms with van der Waals surface area (Å²) >= 11 is 0. The van der Waals surface area contributed by atoms with Crippen molar-refractivity contribution < 1.29 is 24.2 Å². The van der Waals surface area contributed by atoms with Gasteiger partial charge in [0, 0.05) is 12.5 Å². The van der Waals surface area contributed by atoms with Crippen LogP contribution in [0.15, 0.2) is 0 Å². The average Bonchev–Trinajstić information content (AvgIpc) is 2.52. The molecular weight excluding hydrogens is 348 g/mol. The lowest BCUT2D eigenvalue weighted by atomic mass is 10.0. The molecule has 0 aliphatic rings. The third-order valence-corrected chi connectivity index (χ3v) is 9.83. The van der Waals surface area contributed by atoms with Gasteiger partial charge in [0.1, 0.15) is 0 Å². The molecule has 0 aliphatic heterocycles. The van der Waals surface area contributed by atoms with E-state index in [0.717, 1.165) is 19.3 Å². The quantitative estimate of drug-likeness (QED) is 0.277. The number of rotatable bonds is 13. The van der Waals surface area contributed by atoms with E-state index in [4.69, 9.17) is 9.16 Å².